The molecule has 90 valence electrons. The second kappa shape index (κ2) is 5.99. The Morgan fingerprint density at radius 2 is 2.24 bits per heavy atom. The molecule has 0 spiro atoms. The minimum atomic E-state index is -0.0298. The maximum absolute atomic E-state index is 11.4. The molecule has 1 aliphatic heterocycles. The third-order valence-corrected chi connectivity index (χ3v) is 2.62. The van der Waals surface area contributed by atoms with Crippen molar-refractivity contribution in [2.45, 2.75) is 13.3 Å². The minimum Gasteiger partial charge on any atom is -0.335 e. The van der Waals surface area contributed by atoms with Gasteiger partial charge in [0.1, 0.15) is 0 Å². The summed E-state index contributed by atoms with van der Waals surface area (Å²) < 4.78 is 0. The van der Waals surface area contributed by atoms with Gasteiger partial charge >= 0.3 is 0 Å². The first kappa shape index (κ1) is 13.2. The van der Waals surface area contributed by atoms with Gasteiger partial charge in [-0.15, -0.1) is 0 Å². The topological polar surface area (TPSA) is 32.7 Å². The van der Waals surface area contributed by atoms with Crippen molar-refractivity contribution in [2.75, 3.05) is 13.1 Å². The van der Waals surface area contributed by atoms with E-state index in [9.17, 15) is 4.79 Å². The summed E-state index contributed by atoms with van der Waals surface area (Å²) in [5, 5.41) is 0. The van der Waals surface area contributed by atoms with Gasteiger partial charge in [-0.25, -0.2) is 0 Å². The number of carbonyl (C=O) groups is 1. The first-order valence-electron chi connectivity index (χ1n) is 5.55. The Morgan fingerprint density at radius 3 is 2.65 bits per heavy atom. The fourth-order valence-corrected chi connectivity index (χ4v) is 1.77. The van der Waals surface area contributed by atoms with Crippen molar-refractivity contribution in [1.82, 2.24) is 4.90 Å². The van der Waals surface area contributed by atoms with Crippen molar-refractivity contribution >= 4 is 11.6 Å². The molecule has 0 saturated heterocycles. The number of amides is 1. The summed E-state index contributed by atoms with van der Waals surface area (Å²) in [6, 6.07) is 0. The first-order valence-corrected chi connectivity index (χ1v) is 5.55. The third kappa shape index (κ3) is 3.28. The number of rotatable bonds is 4. The molecule has 1 heterocycles. The highest BCUT2D eigenvalue weighted by Gasteiger charge is 2.17. The van der Waals surface area contributed by atoms with Crippen LogP contribution in [0.4, 0.5) is 0 Å². The summed E-state index contributed by atoms with van der Waals surface area (Å²) in [5.74, 6) is -0.0298. The molecule has 0 radical (unpaired) electrons. The highest BCUT2D eigenvalue weighted by molar-refractivity contribution is 6.12. The van der Waals surface area contributed by atoms with Crippen molar-refractivity contribution in [3.63, 3.8) is 0 Å². The molecule has 0 N–H and O–H groups in total. The normalized spacial score (nSPS) is 16.2. The van der Waals surface area contributed by atoms with Crippen LogP contribution in [-0.4, -0.2) is 29.6 Å². The van der Waals surface area contributed by atoms with Crippen LogP contribution in [0.5, 0.6) is 0 Å². The van der Waals surface area contributed by atoms with E-state index >= 15 is 0 Å². The number of allylic oxidation sites excluding steroid dienone is 1. The Bertz CT molecular complexity index is 416. The van der Waals surface area contributed by atoms with Crippen LogP contribution < -0.4 is 0 Å². The lowest BCUT2D eigenvalue weighted by Gasteiger charge is -2.26. The van der Waals surface area contributed by atoms with Gasteiger partial charge in [0.2, 0.25) is 5.91 Å². The zero-order valence-corrected chi connectivity index (χ0v) is 10.3. The van der Waals surface area contributed by atoms with E-state index in [1.165, 1.54) is 12.3 Å². The summed E-state index contributed by atoms with van der Waals surface area (Å²) in [7, 11) is 0. The van der Waals surface area contributed by atoms with Gasteiger partial charge in [0, 0.05) is 19.3 Å². The predicted octanol–water partition coefficient (Wildman–Crippen LogP) is 2.49. The van der Waals surface area contributed by atoms with Crippen LogP contribution in [0.2, 0.25) is 0 Å². The Balaban J connectivity index is 2.83. The van der Waals surface area contributed by atoms with Crippen molar-refractivity contribution in [3.05, 3.63) is 49.2 Å². The van der Waals surface area contributed by atoms with Crippen LogP contribution in [0.3, 0.4) is 0 Å². The van der Waals surface area contributed by atoms with Gasteiger partial charge < -0.3 is 4.90 Å². The summed E-state index contributed by atoms with van der Waals surface area (Å²) >= 11 is 0. The van der Waals surface area contributed by atoms with Crippen molar-refractivity contribution in [2.24, 2.45) is 4.99 Å². The zero-order chi connectivity index (χ0) is 12.8. The number of carbonyl (C=O) groups excluding carboxylic acids is 1. The van der Waals surface area contributed by atoms with Crippen LogP contribution in [0, 0.1) is 0 Å². The molecule has 0 aromatic rings. The van der Waals surface area contributed by atoms with Gasteiger partial charge in [-0.3, -0.25) is 9.79 Å². The molecule has 3 heteroatoms. The van der Waals surface area contributed by atoms with Crippen LogP contribution >= 0.6 is 0 Å². The number of aliphatic imine (C=N–C) groups is 1. The number of nitrogens with zero attached hydrogens (tertiary/aromatic N) is 2. The van der Waals surface area contributed by atoms with E-state index < -0.39 is 0 Å². The molecular formula is C14H18N2O. The fraction of sp³-hybridized carbons (Fsp3) is 0.286. The van der Waals surface area contributed by atoms with Gasteiger partial charge in [-0.05, 0) is 30.6 Å². The molecule has 0 fully saturated rings. The Labute approximate surface area is 103 Å². The Kier molecular flexibility index (Phi) is 4.64. The molecule has 1 amide bonds. The molecule has 1 rings (SSSR count). The molecule has 1 aliphatic rings. The standard InChI is InChI=1S/C14H18N2O/c1-5-13(17)16-9-7-12(8-10-16)14(11(3)4)15-6-2/h5-7H,1-3,8-10H2,4H3. The van der Waals surface area contributed by atoms with E-state index in [1.54, 1.807) is 4.90 Å². The number of hydrogen-bond acceptors (Lipinski definition) is 2. The Morgan fingerprint density at radius 1 is 1.53 bits per heavy atom. The van der Waals surface area contributed by atoms with Crippen LogP contribution in [0.1, 0.15) is 13.3 Å². The smallest absolute Gasteiger partial charge is 0.246 e. The average Bonchev–Trinajstić information content (AvgIpc) is 2.35. The summed E-state index contributed by atoms with van der Waals surface area (Å²) in [6.07, 6.45) is 5.67. The first-order chi connectivity index (χ1) is 8.10. The molecule has 0 saturated carbocycles. The summed E-state index contributed by atoms with van der Waals surface area (Å²) in [6.45, 7) is 14.2. The van der Waals surface area contributed by atoms with Crippen LogP contribution in [-0.2, 0) is 4.79 Å². The monoisotopic (exact) mass is 230 g/mol. The van der Waals surface area contributed by atoms with Gasteiger partial charge in [-0.1, -0.05) is 25.8 Å². The molecule has 17 heavy (non-hydrogen) atoms. The van der Waals surface area contributed by atoms with Crippen LogP contribution in [0.15, 0.2) is 54.2 Å². The van der Waals surface area contributed by atoms with Gasteiger partial charge in [0.25, 0.3) is 0 Å². The second-order valence-corrected chi connectivity index (χ2v) is 3.91. The lowest BCUT2D eigenvalue weighted by Crippen LogP contribution is -2.34. The number of hydrogen-bond donors (Lipinski definition) is 0. The van der Waals surface area contributed by atoms with Crippen LogP contribution in [0.25, 0.3) is 0 Å². The van der Waals surface area contributed by atoms with Crippen molar-refractivity contribution in [1.29, 1.82) is 0 Å². The maximum atomic E-state index is 11.4. The molecule has 0 atom stereocenters. The van der Waals surface area contributed by atoms with E-state index in [4.69, 9.17) is 0 Å². The Hall–Kier alpha value is -1.90. The molecule has 0 aromatic carbocycles. The SMILES string of the molecule is C=CN=C(C(=C)C)C1=CCN(C(=O)C=C)CC1. The molecule has 0 aliphatic carbocycles. The van der Waals surface area contributed by atoms with Gasteiger partial charge in [0.05, 0.1) is 5.71 Å². The highest BCUT2D eigenvalue weighted by Crippen LogP contribution is 2.16. The van der Waals surface area contributed by atoms with E-state index in [2.05, 4.69) is 24.7 Å². The van der Waals surface area contributed by atoms with E-state index in [0.29, 0.717) is 13.1 Å². The molecule has 0 aromatic heterocycles. The molecular weight excluding hydrogens is 212 g/mol. The molecule has 0 unspecified atom stereocenters. The van der Waals surface area contributed by atoms with Crippen molar-refractivity contribution in [3.8, 4) is 0 Å². The van der Waals surface area contributed by atoms with E-state index in [0.717, 1.165) is 23.3 Å². The average molecular weight is 230 g/mol. The van der Waals surface area contributed by atoms with E-state index in [1.807, 2.05) is 13.0 Å². The van der Waals surface area contributed by atoms with Gasteiger partial charge in [0.15, 0.2) is 0 Å². The highest BCUT2D eigenvalue weighted by atomic mass is 16.2. The quantitative estimate of drug-likeness (QED) is 0.539. The molecule has 0 bridgehead atoms. The predicted molar refractivity (Wildman–Crippen MR) is 71.9 cm³/mol. The third-order valence-electron chi connectivity index (χ3n) is 2.62. The minimum absolute atomic E-state index is 0.0298. The maximum Gasteiger partial charge on any atom is 0.246 e. The van der Waals surface area contributed by atoms with E-state index in [-0.39, 0.29) is 5.91 Å². The second-order valence-electron chi connectivity index (χ2n) is 3.91. The van der Waals surface area contributed by atoms with Gasteiger partial charge in [-0.2, -0.15) is 0 Å². The zero-order valence-electron chi connectivity index (χ0n) is 10.3. The molecule has 3 nitrogen and oxygen atoms in total. The largest absolute Gasteiger partial charge is 0.335 e. The lowest BCUT2D eigenvalue weighted by atomic mass is 9.98. The summed E-state index contributed by atoms with van der Waals surface area (Å²) in [5.41, 5.74) is 2.93. The lowest BCUT2D eigenvalue weighted by molar-refractivity contribution is -0.125. The fourth-order valence-electron chi connectivity index (χ4n) is 1.77. The van der Waals surface area contributed by atoms with Crippen molar-refractivity contribution < 1.29 is 4.79 Å². The summed E-state index contributed by atoms with van der Waals surface area (Å²) in [4.78, 5) is 17.4.